The maximum Gasteiger partial charge on any atom is 0.260 e. The van der Waals surface area contributed by atoms with E-state index in [9.17, 15) is 4.79 Å². The molecule has 0 aliphatic carbocycles. The van der Waals surface area contributed by atoms with Crippen LogP contribution in [0.2, 0.25) is 0 Å². The maximum absolute atomic E-state index is 12.7. The number of nitrogens with one attached hydrogen (secondary N) is 1. The van der Waals surface area contributed by atoms with Gasteiger partial charge in [0, 0.05) is 10.9 Å². The quantitative estimate of drug-likeness (QED) is 0.542. The van der Waals surface area contributed by atoms with Crippen LogP contribution in [-0.4, -0.2) is 27.8 Å². The standard InChI is InChI=1S/C21H18N4O2S/c1-14-18(12-22-25(14)16-6-4-3-5-7-16)20(26)24-21-23-19(13-28-21)15-8-10-17(27-2)11-9-15/h3-13H,1-2H3,(H,23,24,26). The predicted molar refractivity (Wildman–Crippen MR) is 110 cm³/mol. The van der Waals surface area contributed by atoms with E-state index in [1.165, 1.54) is 11.3 Å². The molecule has 28 heavy (non-hydrogen) atoms. The number of nitrogens with zero attached hydrogens (tertiary/aromatic N) is 3. The van der Waals surface area contributed by atoms with Crippen LogP contribution in [0.25, 0.3) is 16.9 Å². The van der Waals surface area contributed by atoms with Gasteiger partial charge in [-0.2, -0.15) is 5.10 Å². The highest BCUT2D eigenvalue weighted by Crippen LogP contribution is 2.27. The lowest BCUT2D eigenvalue weighted by atomic mass is 10.2. The van der Waals surface area contributed by atoms with Crippen LogP contribution in [0.15, 0.2) is 66.2 Å². The highest BCUT2D eigenvalue weighted by atomic mass is 32.1. The molecule has 0 saturated heterocycles. The van der Waals surface area contributed by atoms with Gasteiger partial charge >= 0.3 is 0 Å². The fourth-order valence-electron chi connectivity index (χ4n) is 2.85. The number of hydrogen-bond acceptors (Lipinski definition) is 5. The summed E-state index contributed by atoms with van der Waals surface area (Å²) in [5, 5.41) is 9.67. The first-order valence-corrected chi connectivity index (χ1v) is 9.55. The third kappa shape index (κ3) is 3.52. The van der Waals surface area contributed by atoms with Gasteiger partial charge in [0.2, 0.25) is 0 Å². The molecule has 140 valence electrons. The molecule has 7 heteroatoms. The summed E-state index contributed by atoms with van der Waals surface area (Å²) in [4.78, 5) is 17.2. The average molecular weight is 390 g/mol. The number of anilines is 1. The van der Waals surface area contributed by atoms with E-state index in [0.29, 0.717) is 10.7 Å². The molecule has 6 nitrogen and oxygen atoms in total. The minimum absolute atomic E-state index is 0.227. The van der Waals surface area contributed by atoms with Crippen molar-refractivity contribution in [3.05, 3.63) is 77.4 Å². The Balaban J connectivity index is 1.52. The molecule has 0 atom stereocenters. The second kappa shape index (κ2) is 7.66. The summed E-state index contributed by atoms with van der Waals surface area (Å²) >= 11 is 1.38. The van der Waals surface area contributed by atoms with Crippen molar-refractivity contribution in [3.8, 4) is 22.7 Å². The first-order chi connectivity index (χ1) is 13.7. The van der Waals surface area contributed by atoms with E-state index in [4.69, 9.17) is 4.74 Å². The van der Waals surface area contributed by atoms with Gasteiger partial charge in [-0.1, -0.05) is 18.2 Å². The van der Waals surface area contributed by atoms with Gasteiger partial charge < -0.3 is 4.74 Å². The molecule has 2 aromatic carbocycles. The van der Waals surface area contributed by atoms with Crippen molar-refractivity contribution in [3.63, 3.8) is 0 Å². The second-order valence-electron chi connectivity index (χ2n) is 6.11. The molecule has 0 saturated carbocycles. The van der Waals surface area contributed by atoms with Gasteiger partial charge in [0.05, 0.1) is 35.9 Å². The molecule has 0 fully saturated rings. The number of thiazole rings is 1. The van der Waals surface area contributed by atoms with Crippen LogP contribution in [0.1, 0.15) is 16.1 Å². The van der Waals surface area contributed by atoms with Crippen LogP contribution in [-0.2, 0) is 0 Å². The molecule has 4 aromatic rings. The van der Waals surface area contributed by atoms with Crippen molar-refractivity contribution in [2.75, 3.05) is 12.4 Å². The zero-order valence-electron chi connectivity index (χ0n) is 15.4. The van der Waals surface area contributed by atoms with Crippen molar-refractivity contribution in [1.82, 2.24) is 14.8 Å². The van der Waals surface area contributed by atoms with Gasteiger partial charge in [-0.15, -0.1) is 11.3 Å². The summed E-state index contributed by atoms with van der Waals surface area (Å²) in [6, 6.07) is 17.4. The van der Waals surface area contributed by atoms with Gasteiger partial charge in [0.25, 0.3) is 5.91 Å². The molecular formula is C21H18N4O2S. The van der Waals surface area contributed by atoms with Crippen molar-refractivity contribution < 1.29 is 9.53 Å². The zero-order chi connectivity index (χ0) is 19.5. The number of aromatic nitrogens is 3. The molecule has 0 spiro atoms. The molecule has 1 amide bonds. The second-order valence-corrected chi connectivity index (χ2v) is 6.97. The van der Waals surface area contributed by atoms with E-state index >= 15 is 0 Å². The summed E-state index contributed by atoms with van der Waals surface area (Å²) < 4.78 is 6.92. The zero-order valence-corrected chi connectivity index (χ0v) is 16.2. The molecule has 4 rings (SSSR count). The van der Waals surface area contributed by atoms with Gasteiger partial charge in [-0.05, 0) is 43.3 Å². The minimum atomic E-state index is -0.227. The Labute approximate surface area is 166 Å². The largest absolute Gasteiger partial charge is 0.497 e. The molecule has 0 radical (unpaired) electrons. The van der Waals surface area contributed by atoms with Gasteiger partial charge in [0.15, 0.2) is 5.13 Å². The third-order valence-electron chi connectivity index (χ3n) is 4.37. The predicted octanol–water partition coefficient (Wildman–Crippen LogP) is 4.57. The molecule has 2 aromatic heterocycles. The number of amides is 1. The average Bonchev–Trinajstić information content (AvgIpc) is 3.35. The molecule has 0 aliphatic heterocycles. The van der Waals surface area contributed by atoms with Crippen LogP contribution < -0.4 is 10.1 Å². The van der Waals surface area contributed by atoms with E-state index in [1.54, 1.807) is 18.0 Å². The lowest BCUT2D eigenvalue weighted by molar-refractivity contribution is 0.102. The number of hydrogen-bond donors (Lipinski definition) is 1. The molecular weight excluding hydrogens is 372 g/mol. The smallest absolute Gasteiger partial charge is 0.260 e. The first-order valence-electron chi connectivity index (χ1n) is 8.67. The molecule has 0 aliphatic rings. The van der Waals surface area contributed by atoms with Gasteiger partial charge in [-0.3, -0.25) is 10.1 Å². The number of methoxy groups -OCH3 is 1. The highest BCUT2D eigenvalue weighted by Gasteiger charge is 2.16. The summed E-state index contributed by atoms with van der Waals surface area (Å²) in [5.74, 6) is 0.564. The van der Waals surface area contributed by atoms with Crippen LogP contribution in [0, 0.1) is 6.92 Å². The van der Waals surface area contributed by atoms with Crippen LogP contribution in [0.3, 0.4) is 0 Å². The lowest BCUT2D eigenvalue weighted by Gasteiger charge is -2.05. The summed E-state index contributed by atoms with van der Waals surface area (Å²) in [6.07, 6.45) is 1.58. The Morgan fingerprint density at radius 3 is 2.57 bits per heavy atom. The Morgan fingerprint density at radius 1 is 1.11 bits per heavy atom. The van der Waals surface area contributed by atoms with E-state index < -0.39 is 0 Å². The van der Waals surface area contributed by atoms with E-state index in [1.807, 2.05) is 66.9 Å². The van der Waals surface area contributed by atoms with Crippen LogP contribution >= 0.6 is 11.3 Å². The number of para-hydroxylation sites is 1. The third-order valence-corrected chi connectivity index (χ3v) is 5.12. The summed E-state index contributed by atoms with van der Waals surface area (Å²) in [6.45, 7) is 1.87. The Kier molecular flexibility index (Phi) is 4.90. The minimum Gasteiger partial charge on any atom is -0.497 e. The molecule has 2 heterocycles. The normalized spacial score (nSPS) is 10.6. The van der Waals surface area contributed by atoms with Crippen molar-refractivity contribution >= 4 is 22.4 Å². The number of rotatable bonds is 5. The monoisotopic (exact) mass is 390 g/mol. The van der Waals surface area contributed by atoms with Crippen molar-refractivity contribution in [2.24, 2.45) is 0 Å². The number of ether oxygens (including phenoxy) is 1. The molecule has 0 unspecified atom stereocenters. The molecule has 0 bridgehead atoms. The van der Waals surface area contributed by atoms with E-state index in [-0.39, 0.29) is 5.91 Å². The number of benzene rings is 2. The maximum atomic E-state index is 12.7. The molecule has 1 N–H and O–H groups in total. The lowest BCUT2D eigenvalue weighted by Crippen LogP contribution is -2.13. The number of carbonyl (C=O) groups excluding carboxylic acids is 1. The Hall–Kier alpha value is -3.45. The van der Waals surface area contributed by atoms with E-state index in [0.717, 1.165) is 28.4 Å². The fraction of sp³-hybridized carbons (Fsp3) is 0.0952. The van der Waals surface area contributed by atoms with Crippen molar-refractivity contribution in [2.45, 2.75) is 6.92 Å². The van der Waals surface area contributed by atoms with Gasteiger partial charge in [-0.25, -0.2) is 9.67 Å². The van der Waals surface area contributed by atoms with E-state index in [2.05, 4.69) is 15.4 Å². The van der Waals surface area contributed by atoms with Gasteiger partial charge in [0.1, 0.15) is 5.75 Å². The number of carbonyl (C=O) groups is 1. The Morgan fingerprint density at radius 2 is 1.86 bits per heavy atom. The van der Waals surface area contributed by atoms with Crippen LogP contribution in [0.4, 0.5) is 5.13 Å². The Bertz CT molecular complexity index is 1100. The van der Waals surface area contributed by atoms with Crippen LogP contribution in [0.5, 0.6) is 5.75 Å². The SMILES string of the molecule is COc1ccc(-c2csc(NC(=O)c3cnn(-c4ccccc4)c3C)n2)cc1. The highest BCUT2D eigenvalue weighted by molar-refractivity contribution is 7.14. The fourth-order valence-corrected chi connectivity index (χ4v) is 3.57. The summed E-state index contributed by atoms with van der Waals surface area (Å²) in [7, 11) is 1.63. The topological polar surface area (TPSA) is 69.0 Å². The first kappa shape index (κ1) is 17.9. The van der Waals surface area contributed by atoms with Crippen molar-refractivity contribution in [1.29, 1.82) is 0 Å². The summed E-state index contributed by atoms with van der Waals surface area (Å²) in [5.41, 5.74) is 3.97.